The highest BCUT2D eigenvalue weighted by Crippen LogP contribution is 2.33. The molecular formula is C24H23F2N3O. The lowest BCUT2D eigenvalue weighted by molar-refractivity contribution is 0.135. The summed E-state index contributed by atoms with van der Waals surface area (Å²) in [5, 5.41) is 0. The predicted molar refractivity (Wildman–Crippen MR) is 115 cm³/mol. The van der Waals surface area contributed by atoms with Crippen LogP contribution in [0.3, 0.4) is 0 Å². The molecule has 0 bridgehead atoms. The van der Waals surface area contributed by atoms with Crippen LogP contribution in [0.2, 0.25) is 0 Å². The first-order valence-electron chi connectivity index (χ1n) is 10.3. The molecule has 3 heterocycles. The predicted octanol–water partition coefficient (Wildman–Crippen LogP) is 3.66. The van der Waals surface area contributed by atoms with Crippen molar-refractivity contribution >= 4 is 5.69 Å². The molecule has 4 nitrogen and oxygen atoms in total. The number of pyridine rings is 1. The average molecular weight is 407 g/mol. The van der Waals surface area contributed by atoms with E-state index in [1.807, 2.05) is 12.1 Å². The van der Waals surface area contributed by atoms with Crippen LogP contribution in [0.5, 0.6) is 0 Å². The number of hydrogen-bond donors (Lipinski definition) is 0. The second-order valence-corrected chi connectivity index (χ2v) is 7.99. The van der Waals surface area contributed by atoms with Gasteiger partial charge in [0.2, 0.25) is 0 Å². The molecule has 3 aromatic rings. The first kappa shape index (κ1) is 19.0. The van der Waals surface area contributed by atoms with Crippen LogP contribution < -0.4 is 10.5 Å². The van der Waals surface area contributed by atoms with Crippen molar-refractivity contribution in [3.05, 3.63) is 82.5 Å². The Balaban J connectivity index is 1.37. The monoisotopic (exact) mass is 407 g/mol. The van der Waals surface area contributed by atoms with E-state index in [1.165, 1.54) is 23.4 Å². The third-order valence-corrected chi connectivity index (χ3v) is 6.15. The molecule has 0 spiro atoms. The molecule has 2 aliphatic rings. The van der Waals surface area contributed by atoms with Crippen molar-refractivity contribution in [2.75, 3.05) is 37.8 Å². The highest BCUT2D eigenvalue weighted by Gasteiger charge is 2.34. The molecule has 0 atom stereocenters. The average Bonchev–Trinajstić information content (AvgIpc) is 3.13. The van der Waals surface area contributed by atoms with Gasteiger partial charge in [-0.2, -0.15) is 0 Å². The Morgan fingerprint density at radius 3 is 2.50 bits per heavy atom. The Hall–Kier alpha value is -2.99. The number of aromatic nitrogens is 1. The number of hydrogen-bond acceptors (Lipinski definition) is 3. The maximum absolute atomic E-state index is 13.1. The van der Waals surface area contributed by atoms with Gasteiger partial charge in [-0.05, 0) is 59.5 Å². The topological polar surface area (TPSA) is 28.5 Å². The summed E-state index contributed by atoms with van der Waals surface area (Å²) in [5.74, 6) is -0.295. The van der Waals surface area contributed by atoms with Crippen LogP contribution >= 0.6 is 0 Å². The molecule has 1 fully saturated rings. The fraction of sp³-hybridized carbons (Fsp3) is 0.292. The Morgan fingerprint density at radius 2 is 1.77 bits per heavy atom. The molecule has 0 unspecified atom stereocenters. The fourth-order valence-electron chi connectivity index (χ4n) is 4.50. The summed E-state index contributed by atoms with van der Waals surface area (Å²) in [6.45, 7) is 3.02. The summed E-state index contributed by atoms with van der Waals surface area (Å²) in [6.07, 6.45) is 2.72. The van der Waals surface area contributed by atoms with E-state index < -0.39 is 0 Å². The van der Waals surface area contributed by atoms with Gasteiger partial charge in [-0.15, -0.1) is 0 Å². The zero-order valence-corrected chi connectivity index (χ0v) is 16.6. The smallest absolute Gasteiger partial charge is 0.255 e. The molecule has 0 aliphatic carbocycles. The maximum atomic E-state index is 13.1. The molecule has 6 heteroatoms. The van der Waals surface area contributed by atoms with E-state index >= 15 is 0 Å². The van der Waals surface area contributed by atoms with Crippen molar-refractivity contribution in [1.29, 1.82) is 0 Å². The number of nitrogens with zero attached hydrogens (tertiary/aromatic N) is 3. The highest BCUT2D eigenvalue weighted by atomic mass is 19.1. The van der Waals surface area contributed by atoms with E-state index in [0.29, 0.717) is 12.6 Å². The van der Waals surface area contributed by atoms with E-state index in [1.54, 1.807) is 29.0 Å². The van der Waals surface area contributed by atoms with Crippen molar-refractivity contribution in [3.8, 4) is 16.8 Å². The molecule has 1 aromatic heterocycles. The summed E-state index contributed by atoms with van der Waals surface area (Å²) < 4.78 is 27.3. The molecule has 2 aliphatic heterocycles. The second kappa shape index (κ2) is 7.69. The SMILES string of the molecule is O=c1cc(-c2ccc(F)cc2)ccn1-c1ccc2c(c1)CCN2C1CN(CCF)C1. The first-order valence-corrected chi connectivity index (χ1v) is 10.3. The number of fused-ring (bicyclic) bond motifs is 1. The van der Waals surface area contributed by atoms with Crippen LogP contribution in [-0.4, -0.2) is 48.4 Å². The van der Waals surface area contributed by atoms with Crippen LogP contribution in [0.4, 0.5) is 14.5 Å². The fourth-order valence-corrected chi connectivity index (χ4v) is 4.50. The Kier molecular flexibility index (Phi) is 4.87. The number of rotatable bonds is 5. The van der Waals surface area contributed by atoms with E-state index in [0.717, 1.165) is 42.9 Å². The third-order valence-electron chi connectivity index (χ3n) is 6.15. The van der Waals surface area contributed by atoms with E-state index in [4.69, 9.17) is 0 Å². The molecule has 0 amide bonds. The molecule has 1 saturated heterocycles. The summed E-state index contributed by atoms with van der Waals surface area (Å²) in [6, 6.07) is 16.2. The van der Waals surface area contributed by atoms with Gasteiger partial charge in [0, 0.05) is 49.8 Å². The minimum absolute atomic E-state index is 0.118. The molecule has 30 heavy (non-hydrogen) atoms. The van der Waals surface area contributed by atoms with Gasteiger partial charge in [0.1, 0.15) is 12.5 Å². The zero-order valence-electron chi connectivity index (χ0n) is 16.6. The Morgan fingerprint density at radius 1 is 0.967 bits per heavy atom. The molecule has 5 rings (SSSR count). The van der Waals surface area contributed by atoms with Crippen LogP contribution in [0.1, 0.15) is 5.56 Å². The quantitative estimate of drug-likeness (QED) is 0.646. The van der Waals surface area contributed by atoms with Gasteiger partial charge in [-0.25, -0.2) is 8.78 Å². The van der Waals surface area contributed by atoms with Gasteiger partial charge in [0.05, 0.1) is 6.04 Å². The lowest BCUT2D eigenvalue weighted by Gasteiger charge is -2.44. The second-order valence-electron chi connectivity index (χ2n) is 7.99. The van der Waals surface area contributed by atoms with E-state index in [2.05, 4.69) is 21.9 Å². The Bertz CT molecular complexity index is 1120. The zero-order chi connectivity index (χ0) is 20.7. The molecular weight excluding hydrogens is 384 g/mol. The molecule has 0 saturated carbocycles. The number of alkyl halides is 1. The molecule has 0 N–H and O–H groups in total. The minimum Gasteiger partial charge on any atom is -0.365 e. The number of halogens is 2. The summed E-state index contributed by atoms with van der Waals surface area (Å²) in [4.78, 5) is 17.3. The largest absolute Gasteiger partial charge is 0.365 e. The van der Waals surface area contributed by atoms with Gasteiger partial charge in [-0.1, -0.05) is 12.1 Å². The van der Waals surface area contributed by atoms with Crippen molar-refractivity contribution in [1.82, 2.24) is 9.47 Å². The number of anilines is 1. The minimum atomic E-state index is -0.295. The van der Waals surface area contributed by atoms with Crippen molar-refractivity contribution < 1.29 is 8.78 Å². The van der Waals surface area contributed by atoms with Crippen LogP contribution in [-0.2, 0) is 6.42 Å². The normalized spacial score (nSPS) is 16.5. The maximum Gasteiger partial charge on any atom is 0.255 e. The van der Waals surface area contributed by atoms with Crippen LogP contribution in [0, 0.1) is 5.82 Å². The van der Waals surface area contributed by atoms with Gasteiger partial charge in [0.15, 0.2) is 0 Å². The number of likely N-dealkylation sites (tertiary alicyclic amines) is 1. The molecule has 0 radical (unpaired) electrons. The molecule has 154 valence electrons. The van der Waals surface area contributed by atoms with Gasteiger partial charge in [-0.3, -0.25) is 14.3 Å². The summed E-state index contributed by atoms with van der Waals surface area (Å²) in [7, 11) is 0. The highest BCUT2D eigenvalue weighted by molar-refractivity contribution is 5.64. The van der Waals surface area contributed by atoms with Gasteiger partial charge < -0.3 is 4.90 Å². The standard InChI is InChI=1S/C24H23F2N3O/c25-9-12-27-15-22(16-27)28-10-8-19-13-21(5-6-23(19)28)29-11-7-18(14-24(29)30)17-1-3-20(26)4-2-17/h1-7,11,13-14,22H,8-10,12,15-16H2. The third kappa shape index (κ3) is 3.41. The lowest BCUT2D eigenvalue weighted by atomic mass is 10.1. The number of benzene rings is 2. The van der Waals surface area contributed by atoms with Crippen LogP contribution in [0.15, 0.2) is 65.6 Å². The van der Waals surface area contributed by atoms with Crippen molar-refractivity contribution in [3.63, 3.8) is 0 Å². The van der Waals surface area contributed by atoms with Crippen molar-refractivity contribution in [2.45, 2.75) is 12.5 Å². The van der Waals surface area contributed by atoms with Crippen molar-refractivity contribution in [2.24, 2.45) is 0 Å². The Labute approximate surface area is 174 Å². The molecule has 2 aromatic carbocycles. The van der Waals surface area contributed by atoms with Crippen LogP contribution in [0.25, 0.3) is 16.8 Å². The van der Waals surface area contributed by atoms with Gasteiger partial charge in [0.25, 0.3) is 5.56 Å². The summed E-state index contributed by atoms with van der Waals surface area (Å²) >= 11 is 0. The lowest BCUT2D eigenvalue weighted by Crippen LogP contribution is -2.59. The van der Waals surface area contributed by atoms with E-state index in [9.17, 15) is 13.6 Å². The first-order chi connectivity index (χ1) is 14.6. The van der Waals surface area contributed by atoms with Gasteiger partial charge >= 0.3 is 0 Å². The van der Waals surface area contributed by atoms with E-state index in [-0.39, 0.29) is 18.1 Å². The summed E-state index contributed by atoms with van der Waals surface area (Å²) in [5.41, 5.74) is 4.77.